The maximum absolute atomic E-state index is 12.6. The van der Waals surface area contributed by atoms with Crippen LogP contribution in [0.2, 0.25) is 0 Å². The molecule has 0 bridgehead atoms. The molecule has 2 heterocycles. The summed E-state index contributed by atoms with van der Waals surface area (Å²) >= 11 is 1.31. The number of carbonyl (C=O) groups excluding carboxylic acids is 1. The lowest BCUT2D eigenvalue weighted by Gasteiger charge is -2.20. The molecule has 1 aliphatic rings. The second kappa shape index (κ2) is 5.96. The zero-order valence-corrected chi connectivity index (χ0v) is 13.7. The third-order valence-corrected chi connectivity index (χ3v) is 4.97. The average molecular weight is 317 g/mol. The fraction of sp³-hybridized carbons (Fsp3) is 0.375. The summed E-state index contributed by atoms with van der Waals surface area (Å²) in [5.41, 5.74) is 2.54. The van der Waals surface area contributed by atoms with Crippen LogP contribution in [0.3, 0.4) is 0 Å². The maximum atomic E-state index is 12.6. The summed E-state index contributed by atoms with van der Waals surface area (Å²) in [6.45, 7) is 4.47. The van der Waals surface area contributed by atoms with E-state index in [0.717, 1.165) is 22.0 Å². The minimum Gasteiger partial charge on any atom is -0.493 e. The van der Waals surface area contributed by atoms with Crippen molar-refractivity contribution >= 4 is 22.4 Å². The molecule has 1 aromatic heterocycles. The minimum absolute atomic E-state index is 0.0137. The Balaban J connectivity index is 1.76. The van der Waals surface area contributed by atoms with Gasteiger partial charge in [-0.05, 0) is 31.4 Å². The summed E-state index contributed by atoms with van der Waals surface area (Å²) in [6, 6.07) is 7.98. The molecular formula is C16H19N3O2S. The lowest BCUT2D eigenvalue weighted by Crippen LogP contribution is -2.38. The highest BCUT2D eigenvalue weighted by Crippen LogP contribution is 2.35. The number of nitrogens with zero attached hydrogens (tertiary/aromatic N) is 1. The van der Waals surface area contributed by atoms with Crippen LogP contribution in [0.5, 0.6) is 5.75 Å². The van der Waals surface area contributed by atoms with Gasteiger partial charge in [0.2, 0.25) is 0 Å². The second-order valence-electron chi connectivity index (χ2n) is 5.44. The van der Waals surface area contributed by atoms with E-state index in [9.17, 15) is 4.79 Å². The molecule has 1 aliphatic heterocycles. The molecule has 1 aromatic carbocycles. The molecule has 0 saturated carbocycles. The van der Waals surface area contributed by atoms with E-state index in [1.165, 1.54) is 11.5 Å². The van der Waals surface area contributed by atoms with Crippen molar-refractivity contribution in [1.82, 2.24) is 9.69 Å². The number of rotatable bonds is 4. The Morgan fingerprint density at radius 3 is 3.00 bits per heavy atom. The van der Waals surface area contributed by atoms with Crippen molar-refractivity contribution in [2.75, 3.05) is 19.0 Å². The topological polar surface area (TPSA) is 63.2 Å². The van der Waals surface area contributed by atoms with Crippen molar-refractivity contribution in [3.63, 3.8) is 0 Å². The van der Waals surface area contributed by atoms with Crippen LogP contribution >= 0.6 is 11.5 Å². The van der Waals surface area contributed by atoms with E-state index >= 15 is 0 Å². The van der Waals surface area contributed by atoms with Gasteiger partial charge in [0.05, 0.1) is 17.9 Å². The molecule has 1 amide bonds. The van der Waals surface area contributed by atoms with E-state index < -0.39 is 0 Å². The Labute approximate surface area is 133 Å². The number of aromatic nitrogens is 1. The van der Waals surface area contributed by atoms with Crippen molar-refractivity contribution < 1.29 is 9.53 Å². The molecule has 22 heavy (non-hydrogen) atoms. The van der Waals surface area contributed by atoms with Crippen LogP contribution in [0.1, 0.15) is 34.5 Å². The normalized spacial score (nSPS) is 17.5. The van der Waals surface area contributed by atoms with Crippen LogP contribution in [-0.2, 0) is 0 Å². The molecule has 0 fully saturated rings. The molecule has 3 rings (SSSR count). The zero-order valence-electron chi connectivity index (χ0n) is 12.8. The van der Waals surface area contributed by atoms with Crippen molar-refractivity contribution in [1.29, 1.82) is 0 Å². The first-order chi connectivity index (χ1) is 10.6. The number of benzene rings is 1. The molecule has 0 unspecified atom stereocenters. The fourth-order valence-corrected chi connectivity index (χ4v) is 3.53. The molecule has 0 aliphatic carbocycles. The van der Waals surface area contributed by atoms with E-state index in [4.69, 9.17) is 4.74 Å². The van der Waals surface area contributed by atoms with E-state index in [1.807, 2.05) is 32.0 Å². The molecule has 2 aromatic rings. The van der Waals surface area contributed by atoms with Crippen molar-refractivity contribution in [3.05, 3.63) is 41.1 Å². The Bertz CT molecular complexity index is 698. The molecule has 0 saturated heterocycles. The van der Waals surface area contributed by atoms with E-state index in [-0.39, 0.29) is 17.9 Å². The molecule has 116 valence electrons. The van der Waals surface area contributed by atoms with Gasteiger partial charge in [-0.15, -0.1) is 0 Å². The summed E-state index contributed by atoms with van der Waals surface area (Å²) in [5, 5.41) is 6.91. The predicted molar refractivity (Wildman–Crippen MR) is 88.0 cm³/mol. The first-order valence-electron chi connectivity index (χ1n) is 7.28. The first kappa shape index (κ1) is 14.8. The lowest BCUT2D eigenvalue weighted by molar-refractivity contribution is 0.0933. The molecule has 2 atom stereocenters. The summed E-state index contributed by atoms with van der Waals surface area (Å²) in [5.74, 6) is 0.996. The summed E-state index contributed by atoms with van der Waals surface area (Å²) < 4.78 is 9.94. The van der Waals surface area contributed by atoms with Gasteiger partial charge in [-0.2, -0.15) is 4.37 Å². The maximum Gasteiger partial charge on any atom is 0.256 e. The van der Waals surface area contributed by atoms with E-state index in [0.29, 0.717) is 12.2 Å². The number of hydrogen-bond donors (Lipinski definition) is 2. The van der Waals surface area contributed by atoms with Crippen LogP contribution in [0.15, 0.2) is 24.3 Å². The number of nitrogens with one attached hydrogen (secondary N) is 2. The van der Waals surface area contributed by atoms with Crippen LogP contribution in [0.4, 0.5) is 5.00 Å². The Morgan fingerprint density at radius 2 is 2.23 bits per heavy atom. The predicted octanol–water partition coefficient (Wildman–Crippen LogP) is 2.79. The van der Waals surface area contributed by atoms with Gasteiger partial charge >= 0.3 is 0 Å². The van der Waals surface area contributed by atoms with Gasteiger partial charge in [-0.1, -0.05) is 18.2 Å². The quantitative estimate of drug-likeness (QED) is 0.910. The fourth-order valence-electron chi connectivity index (χ4n) is 2.79. The smallest absolute Gasteiger partial charge is 0.256 e. The van der Waals surface area contributed by atoms with E-state index in [1.54, 1.807) is 7.05 Å². The number of aryl methyl sites for hydroxylation is 1. The van der Waals surface area contributed by atoms with Crippen LogP contribution in [0.25, 0.3) is 0 Å². The molecule has 6 heteroatoms. The van der Waals surface area contributed by atoms with Crippen LogP contribution in [0, 0.1) is 6.92 Å². The van der Waals surface area contributed by atoms with Crippen LogP contribution in [-0.4, -0.2) is 30.0 Å². The first-order valence-corrected chi connectivity index (χ1v) is 8.05. The van der Waals surface area contributed by atoms with Crippen molar-refractivity contribution in [3.8, 4) is 5.75 Å². The van der Waals surface area contributed by atoms with Gasteiger partial charge in [0.1, 0.15) is 10.8 Å². The van der Waals surface area contributed by atoms with Crippen LogP contribution < -0.4 is 15.4 Å². The highest BCUT2D eigenvalue weighted by atomic mass is 32.1. The molecule has 0 spiro atoms. The number of para-hydroxylation sites is 1. The van der Waals surface area contributed by atoms with Gasteiger partial charge < -0.3 is 15.4 Å². The summed E-state index contributed by atoms with van der Waals surface area (Å²) in [4.78, 5) is 12.6. The number of fused-ring (bicyclic) bond motifs is 1. The Kier molecular flexibility index (Phi) is 4.02. The van der Waals surface area contributed by atoms with Gasteiger partial charge in [-0.3, -0.25) is 4.79 Å². The second-order valence-corrected chi connectivity index (χ2v) is 6.21. The highest BCUT2D eigenvalue weighted by molar-refractivity contribution is 7.10. The standard InChI is InChI=1S/C16H19N3O2S/c1-9(12-8-21-13-7-5-4-6-11(12)13)18-15(20)14-10(2)19-22-16(14)17-3/h4-7,9,12,17H,8H2,1-3H3,(H,18,20)/t9-,12-/m0/s1. The van der Waals surface area contributed by atoms with Gasteiger partial charge in [0.25, 0.3) is 5.91 Å². The largest absolute Gasteiger partial charge is 0.493 e. The number of anilines is 1. The molecule has 0 radical (unpaired) electrons. The molecule has 5 nitrogen and oxygen atoms in total. The minimum atomic E-state index is -0.0903. The van der Waals surface area contributed by atoms with E-state index in [2.05, 4.69) is 21.1 Å². The number of ether oxygens (including phenoxy) is 1. The Hall–Kier alpha value is -2.08. The summed E-state index contributed by atoms with van der Waals surface area (Å²) in [7, 11) is 1.80. The molecular weight excluding hydrogens is 298 g/mol. The molecule has 2 N–H and O–H groups in total. The lowest BCUT2D eigenvalue weighted by atomic mass is 9.94. The average Bonchev–Trinajstić information content (AvgIpc) is 3.10. The van der Waals surface area contributed by atoms with Crippen molar-refractivity contribution in [2.24, 2.45) is 0 Å². The Morgan fingerprint density at radius 1 is 1.45 bits per heavy atom. The third-order valence-electron chi connectivity index (χ3n) is 4.02. The summed E-state index contributed by atoms with van der Waals surface area (Å²) in [6.07, 6.45) is 0. The van der Waals surface area contributed by atoms with Gasteiger partial charge in [-0.25, -0.2) is 0 Å². The zero-order chi connectivity index (χ0) is 15.7. The monoisotopic (exact) mass is 317 g/mol. The van der Waals surface area contributed by atoms with Gasteiger partial charge in [0.15, 0.2) is 0 Å². The third kappa shape index (κ3) is 2.54. The van der Waals surface area contributed by atoms with Gasteiger partial charge in [0, 0.05) is 24.6 Å². The number of amides is 1. The number of carbonyl (C=O) groups is 1. The highest BCUT2D eigenvalue weighted by Gasteiger charge is 2.30. The van der Waals surface area contributed by atoms with Crippen molar-refractivity contribution in [2.45, 2.75) is 25.8 Å². The SMILES string of the molecule is CNc1snc(C)c1C(=O)N[C@@H](C)[C@@H]1COc2ccccc21. The number of hydrogen-bond acceptors (Lipinski definition) is 5.